The van der Waals surface area contributed by atoms with Crippen molar-refractivity contribution in [1.29, 1.82) is 5.26 Å². The van der Waals surface area contributed by atoms with Crippen molar-refractivity contribution in [3.63, 3.8) is 0 Å². The summed E-state index contributed by atoms with van der Waals surface area (Å²) in [6.45, 7) is 1.88. The van der Waals surface area contributed by atoms with Crippen LogP contribution in [0.4, 0.5) is 13.2 Å². The molecule has 0 aliphatic heterocycles. The fourth-order valence-electron chi connectivity index (χ4n) is 1.91. The van der Waals surface area contributed by atoms with Crippen LogP contribution < -0.4 is 4.74 Å². The Morgan fingerprint density at radius 2 is 2.04 bits per heavy atom. The number of ether oxygens (including phenoxy) is 1. The van der Waals surface area contributed by atoms with E-state index in [4.69, 9.17) is 10.00 Å². The predicted molar refractivity (Wildman–Crippen MR) is 77.1 cm³/mol. The van der Waals surface area contributed by atoms with Gasteiger partial charge in [0.2, 0.25) is 5.78 Å². The molecule has 0 radical (unpaired) electrons. The van der Waals surface area contributed by atoms with Crippen LogP contribution in [0.5, 0.6) is 5.75 Å². The van der Waals surface area contributed by atoms with Gasteiger partial charge in [0.1, 0.15) is 23.2 Å². The highest BCUT2D eigenvalue weighted by atomic mass is 19.4. The van der Waals surface area contributed by atoms with Gasteiger partial charge in [-0.25, -0.2) is 0 Å². The monoisotopic (exact) mass is 327 g/mol. The van der Waals surface area contributed by atoms with E-state index in [-0.39, 0.29) is 23.5 Å². The average Bonchev–Trinajstić information content (AvgIpc) is 2.51. The van der Waals surface area contributed by atoms with E-state index < -0.39 is 23.1 Å². The number of ketones is 1. The Balaban J connectivity index is 3.29. The van der Waals surface area contributed by atoms with E-state index in [2.05, 4.69) is 0 Å². The number of Topliss-reactive ketones (excluding diaryl/α,β-unsaturated/α-hetero) is 1. The van der Waals surface area contributed by atoms with Crippen LogP contribution in [0.1, 0.15) is 42.1 Å². The SMILES string of the molecule is CCCCC(O)=C(C#N)C(=O)c1ccc(C(F)(F)F)cc1OC. The second-order valence-corrected chi connectivity index (χ2v) is 4.78. The summed E-state index contributed by atoms with van der Waals surface area (Å²) >= 11 is 0. The molecule has 0 bridgehead atoms. The Hall–Kier alpha value is -2.49. The Morgan fingerprint density at radius 1 is 1.39 bits per heavy atom. The maximum absolute atomic E-state index is 12.7. The lowest BCUT2D eigenvalue weighted by atomic mass is 9.99. The van der Waals surface area contributed by atoms with E-state index in [9.17, 15) is 23.1 Å². The quantitative estimate of drug-likeness (QED) is 0.363. The van der Waals surface area contributed by atoms with E-state index in [1.54, 1.807) is 6.07 Å². The highest BCUT2D eigenvalue weighted by Crippen LogP contribution is 2.34. The van der Waals surface area contributed by atoms with Crippen molar-refractivity contribution in [2.75, 3.05) is 7.11 Å². The van der Waals surface area contributed by atoms with Gasteiger partial charge in [-0.2, -0.15) is 18.4 Å². The number of unbranched alkanes of at least 4 members (excludes halogenated alkanes) is 1. The van der Waals surface area contributed by atoms with Crippen LogP contribution in [-0.2, 0) is 6.18 Å². The van der Waals surface area contributed by atoms with Gasteiger partial charge in [-0.15, -0.1) is 0 Å². The van der Waals surface area contributed by atoms with Gasteiger partial charge < -0.3 is 9.84 Å². The molecule has 0 fully saturated rings. The van der Waals surface area contributed by atoms with Gasteiger partial charge in [0.15, 0.2) is 0 Å². The summed E-state index contributed by atoms with van der Waals surface area (Å²) in [4.78, 5) is 12.3. The third-order valence-electron chi connectivity index (χ3n) is 3.17. The first kappa shape index (κ1) is 18.6. The molecular weight excluding hydrogens is 311 g/mol. The number of carbonyl (C=O) groups excluding carboxylic acids is 1. The summed E-state index contributed by atoms with van der Waals surface area (Å²) in [6, 6.07) is 3.96. The summed E-state index contributed by atoms with van der Waals surface area (Å²) in [6.07, 6.45) is -3.10. The van der Waals surface area contributed by atoms with Crippen LogP contribution in [0.3, 0.4) is 0 Å². The minimum Gasteiger partial charge on any atom is -0.511 e. The van der Waals surface area contributed by atoms with Crippen LogP contribution in [0.2, 0.25) is 0 Å². The molecule has 0 unspecified atom stereocenters. The molecule has 23 heavy (non-hydrogen) atoms. The minimum absolute atomic E-state index is 0.147. The summed E-state index contributed by atoms with van der Waals surface area (Å²) < 4.78 is 42.9. The minimum atomic E-state index is -4.58. The molecule has 1 N–H and O–H groups in total. The van der Waals surface area contributed by atoms with Gasteiger partial charge in [0, 0.05) is 6.42 Å². The molecule has 0 aliphatic carbocycles. The number of hydrogen-bond acceptors (Lipinski definition) is 4. The first-order valence-corrected chi connectivity index (χ1v) is 6.88. The van der Waals surface area contributed by atoms with Crippen LogP contribution in [0, 0.1) is 11.3 Å². The molecule has 0 spiro atoms. The summed E-state index contributed by atoms with van der Waals surface area (Å²) in [5.74, 6) is -1.55. The number of benzene rings is 1. The van der Waals surface area contributed by atoms with Crippen molar-refractivity contribution in [3.05, 3.63) is 40.7 Å². The number of rotatable bonds is 6. The van der Waals surface area contributed by atoms with Crippen LogP contribution in [-0.4, -0.2) is 18.0 Å². The van der Waals surface area contributed by atoms with E-state index >= 15 is 0 Å². The van der Waals surface area contributed by atoms with Gasteiger partial charge in [-0.05, 0) is 24.6 Å². The summed E-state index contributed by atoms with van der Waals surface area (Å²) in [5.41, 5.74) is -1.67. The van der Waals surface area contributed by atoms with E-state index in [1.165, 1.54) is 0 Å². The number of carbonyl (C=O) groups is 1. The normalized spacial score (nSPS) is 12.3. The fourth-order valence-corrected chi connectivity index (χ4v) is 1.91. The first-order chi connectivity index (χ1) is 10.8. The number of alkyl halides is 3. The maximum Gasteiger partial charge on any atom is 0.416 e. The van der Waals surface area contributed by atoms with Crippen LogP contribution in [0.25, 0.3) is 0 Å². The van der Waals surface area contributed by atoms with Crippen molar-refractivity contribution >= 4 is 5.78 Å². The number of halogens is 3. The highest BCUT2D eigenvalue weighted by molar-refractivity contribution is 6.13. The second-order valence-electron chi connectivity index (χ2n) is 4.78. The molecule has 0 saturated heterocycles. The smallest absolute Gasteiger partial charge is 0.416 e. The number of nitrogens with zero attached hydrogens (tertiary/aromatic N) is 1. The van der Waals surface area contributed by atoms with Crippen molar-refractivity contribution in [3.8, 4) is 11.8 Å². The lowest BCUT2D eigenvalue weighted by Crippen LogP contribution is -2.10. The number of allylic oxidation sites excluding steroid dienone is 2. The zero-order chi connectivity index (χ0) is 17.6. The zero-order valence-electron chi connectivity index (χ0n) is 12.7. The number of hydrogen-bond donors (Lipinski definition) is 1. The molecule has 124 valence electrons. The largest absolute Gasteiger partial charge is 0.511 e. The summed E-state index contributed by atoms with van der Waals surface area (Å²) in [7, 11) is 1.12. The predicted octanol–water partition coefficient (Wildman–Crippen LogP) is 4.42. The van der Waals surface area contributed by atoms with Crippen molar-refractivity contribution in [2.24, 2.45) is 0 Å². The topological polar surface area (TPSA) is 70.3 Å². The standard InChI is InChI=1S/C16H16F3NO3/c1-3-4-5-13(21)12(9-20)15(22)11-7-6-10(16(17,18)19)8-14(11)23-2/h6-8,21H,3-5H2,1-2H3. The Labute approximate surface area is 131 Å². The molecule has 0 saturated carbocycles. The van der Waals surface area contributed by atoms with E-state index in [0.29, 0.717) is 12.5 Å². The average molecular weight is 327 g/mol. The lowest BCUT2D eigenvalue weighted by molar-refractivity contribution is -0.137. The van der Waals surface area contributed by atoms with Crippen molar-refractivity contribution in [1.82, 2.24) is 0 Å². The Morgan fingerprint density at radius 3 is 2.52 bits per heavy atom. The van der Waals surface area contributed by atoms with E-state index in [1.807, 2.05) is 6.92 Å². The first-order valence-electron chi connectivity index (χ1n) is 6.88. The van der Waals surface area contributed by atoms with Gasteiger partial charge in [-0.1, -0.05) is 13.3 Å². The molecular formula is C16H16F3NO3. The lowest BCUT2D eigenvalue weighted by Gasteiger charge is -2.12. The highest BCUT2D eigenvalue weighted by Gasteiger charge is 2.32. The van der Waals surface area contributed by atoms with Gasteiger partial charge >= 0.3 is 6.18 Å². The molecule has 1 aromatic rings. The van der Waals surface area contributed by atoms with Crippen molar-refractivity contribution in [2.45, 2.75) is 32.4 Å². The molecule has 0 amide bonds. The molecule has 0 heterocycles. The maximum atomic E-state index is 12.7. The number of aliphatic hydroxyl groups excluding tert-OH is 1. The van der Waals surface area contributed by atoms with Gasteiger partial charge in [0.05, 0.1) is 18.2 Å². The molecule has 4 nitrogen and oxygen atoms in total. The molecule has 7 heteroatoms. The molecule has 0 aromatic heterocycles. The van der Waals surface area contributed by atoms with Crippen molar-refractivity contribution < 1.29 is 27.8 Å². The Bertz CT molecular complexity index is 658. The zero-order valence-corrected chi connectivity index (χ0v) is 12.7. The third-order valence-corrected chi connectivity index (χ3v) is 3.17. The number of methoxy groups -OCH3 is 1. The summed E-state index contributed by atoms with van der Waals surface area (Å²) in [5, 5.41) is 18.9. The third kappa shape index (κ3) is 4.49. The number of aliphatic hydroxyl groups is 1. The van der Waals surface area contributed by atoms with Crippen LogP contribution >= 0.6 is 0 Å². The Kier molecular flexibility index (Phi) is 6.19. The fraction of sp³-hybridized carbons (Fsp3) is 0.375. The second kappa shape index (κ2) is 7.68. The molecule has 0 aliphatic rings. The number of nitriles is 1. The molecule has 0 atom stereocenters. The van der Waals surface area contributed by atoms with Gasteiger partial charge in [-0.3, -0.25) is 4.79 Å². The van der Waals surface area contributed by atoms with Crippen LogP contribution in [0.15, 0.2) is 29.5 Å². The van der Waals surface area contributed by atoms with Gasteiger partial charge in [0.25, 0.3) is 0 Å². The molecule has 1 aromatic carbocycles. The molecule has 1 rings (SSSR count). The van der Waals surface area contributed by atoms with E-state index in [0.717, 1.165) is 25.7 Å².